The third-order valence-corrected chi connectivity index (χ3v) is 4.80. The van der Waals surface area contributed by atoms with E-state index in [-0.39, 0.29) is 31.5 Å². The number of aliphatic carboxylic acids is 1. The molecule has 1 aliphatic rings. The van der Waals surface area contributed by atoms with Gasteiger partial charge >= 0.3 is 12.1 Å². The van der Waals surface area contributed by atoms with Crippen LogP contribution in [-0.2, 0) is 14.3 Å². The molecular formula is C19H28N4O6. The minimum atomic E-state index is -1.05. The number of carboxylic acid groups (broad SMARTS) is 2. The van der Waals surface area contributed by atoms with Crippen LogP contribution in [0.1, 0.15) is 26.7 Å². The van der Waals surface area contributed by atoms with E-state index in [1.54, 1.807) is 18.3 Å². The van der Waals surface area contributed by atoms with Crippen LogP contribution in [0.4, 0.5) is 10.6 Å². The Balaban J connectivity index is 1.83. The predicted octanol–water partition coefficient (Wildman–Crippen LogP) is 1.25. The normalized spacial score (nSPS) is 19.8. The lowest BCUT2D eigenvalue weighted by Crippen LogP contribution is -2.42. The quantitative estimate of drug-likeness (QED) is 0.453. The van der Waals surface area contributed by atoms with Crippen LogP contribution in [0.15, 0.2) is 24.4 Å². The van der Waals surface area contributed by atoms with E-state index in [9.17, 15) is 19.5 Å². The van der Waals surface area contributed by atoms with Crippen LogP contribution in [0.2, 0.25) is 0 Å². The molecule has 29 heavy (non-hydrogen) atoms. The first-order valence-electron chi connectivity index (χ1n) is 9.53. The smallest absolute Gasteiger partial charge is 0.407 e. The molecule has 3 atom stereocenters. The molecule has 2 rings (SSSR count). The van der Waals surface area contributed by atoms with Crippen molar-refractivity contribution in [3.05, 3.63) is 24.4 Å². The molecule has 1 aliphatic heterocycles. The number of pyridine rings is 1. The Labute approximate surface area is 169 Å². The second kappa shape index (κ2) is 10.6. The Hall–Kier alpha value is -2.88. The molecule has 4 N–H and O–H groups in total. The monoisotopic (exact) mass is 408 g/mol. The highest BCUT2D eigenvalue weighted by atomic mass is 16.5. The number of amides is 2. The van der Waals surface area contributed by atoms with E-state index in [0.717, 1.165) is 0 Å². The van der Waals surface area contributed by atoms with Crippen molar-refractivity contribution in [1.29, 1.82) is 0 Å². The molecule has 0 aromatic carbocycles. The molecule has 0 spiro atoms. The fourth-order valence-corrected chi connectivity index (χ4v) is 3.20. The van der Waals surface area contributed by atoms with Crippen LogP contribution in [0.5, 0.6) is 0 Å². The maximum atomic E-state index is 12.1. The number of carbonyl (C=O) groups excluding carboxylic acids is 1. The van der Waals surface area contributed by atoms with E-state index >= 15 is 0 Å². The number of likely N-dealkylation sites (tertiary alicyclic amines) is 1. The van der Waals surface area contributed by atoms with Gasteiger partial charge in [0.1, 0.15) is 12.4 Å². The van der Waals surface area contributed by atoms with Crippen molar-refractivity contribution in [1.82, 2.24) is 15.2 Å². The Bertz CT molecular complexity index is 699. The third-order valence-electron chi connectivity index (χ3n) is 4.80. The average Bonchev–Trinajstić information content (AvgIpc) is 3.08. The SMILES string of the molecule is CC(C)C(CC(=O)O)NC(=O)COC1CC(CNc2ccccn2)N(C(=O)O)C1. The molecule has 2 amide bonds. The standard InChI is InChI=1S/C19H28N4O6/c1-12(2)15(8-18(25)26)22-17(24)11-29-14-7-13(23(10-14)19(27)28)9-21-16-5-3-4-6-20-16/h3-6,12-15H,7-11H2,1-2H3,(H,20,21)(H,22,24)(H,25,26)(H,27,28). The van der Waals surface area contributed by atoms with Crippen LogP contribution in [0.25, 0.3) is 0 Å². The van der Waals surface area contributed by atoms with Gasteiger partial charge in [-0.15, -0.1) is 0 Å². The molecule has 10 nitrogen and oxygen atoms in total. The van der Waals surface area contributed by atoms with Crippen LogP contribution in [-0.4, -0.2) is 76.0 Å². The number of ether oxygens (including phenoxy) is 1. The topological polar surface area (TPSA) is 141 Å². The van der Waals surface area contributed by atoms with E-state index in [4.69, 9.17) is 9.84 Å². The summed E-state index contributed by atoms with van der Waals surface area (Å²) in [6, 6.07) is 4.62. The number of nitrogens with one attached hydrogen (secondary N) is 2. The van der Waals surface area contributed by atoms with E-state index in [1.165, 1.54) is 4.90 Å². The second-order valence-electron chi connectivity index (χ2n) is 7.37. The molecule has 1 aromatic heterocycles. The highest BCUT2D eigenvalue weighted by Crippen LogP contribution is 2.21. The van der Waals surface area contributed by atoms with Crippen LogP contribution >= 0.6 is 0 Å². The molecular weight excluding hydrogens is 380 g/mol. The minimum Gasteiger partial charge on any atom is -0.481 e. The lowest BCUT2D eigenvalue weighted by molar-refractivity contribution is -0.138. The van der Waals surface area contributed by atoms with Crippen molar-refractivity contribution in [2.24, 2.45) is 5.92 Å². The Morgan fingerprint density at radius 3 is 2.66 bits per heavy atom. The van der Waals surface area contributed by atoms with Gasteiger partial charge in [-0.1, -0.05) is 19.9 Å². The maximum Gasteiger partial charge on any atom is 0.407 e. The summed E-state index contributed by atoms with van der Waals surface area (Å²) in [5.41, 5.74) is 0. The Morgan fingerprint density at radius 1 is 1.31 bits per heavy atom. The summed E-state index contributed by atoms with van der Waals surface area (Å²) in [4.78, 5) is 40.0. The number of anilines is 1. The zero-order valence-corrected chi connectivity index (χ0v) is 16.6. The first-order chi connectivity index (χ1) is 13.8. The van der Waals surface area contributed by atoms with Crippen molar-refractivity contribution in [2.75, 3.05) is 25.0 Å². The molecule has 1 fully saturated rings. The fourth-order valence-electron chi connectivity index (χ4n) is 3.20. The summed E-state index contributed by atoms with van der Waals surface area (Å²) in [6.45, 7) is 3.95. The number of hydrogen-bond acceptors (Lipinski definition) is 6. The molecule has 0 bridgehead atoms. The fraction of sp³-hybridized carbons (Fsp3) is 0.579. The molecule has 10 heteroatoms. The molecule has 160 valence electrons. The molecule has 2 heterocycles. The van der Waals surface area contributed by atoms with Crippen LogP contribution < -0.4 is 10.6 Å². The van der Waals surface area contributed by atoms with Gasteiger partial charge in [-0.2, -0.15) is 0 Å². The number of carboxylic acids is 1. The van der Waals surface area contributed by atoms with Crippen molar-refractivity contribution < 1.29 is 29.3 Å². The molecule has 3 unspecified atom stereocenters. The van der Waals surface area contributed by atoms with Gasteiger partial charge in [0, 0.05) is 18.8 Å². The van der Waals surface area contributed by atoms with Crippen LogP contribution in [0.3, 0.4) is 0 Å². The number of hydrogen-bond donors (Lipinski definition) is 4. The number of nitrogens with zero attached hydrogens (tertiary/aromatic N) is 2. The summed E-state index contributed by atoms with van der Waals surface area (Å²) in [5, 5.41) is 24.1. The van der Waals surface area contributed by atoms with Crippen molar-refractivity contribution in [2.45, 2.75) is 44.9 Å². The first kappa shape index (κ1) is 22.4. The van der Waals surface area contributed by atoms with Gasteiger partial charge < -0.3 is 30.5 Å². The van der Waals surface area contributed by atoms with Gasteiger partial charge in [-0.25, -0.2) is 9.78 Å². The minimum absolute atomic E-state index is 0.0360. The Morgan fingerprint density at radius 2 is 2.07 bits per heavy atom. The van der Waals surface area contributed by atoms with E-state index in [2.05, 4.69) is 15.6 Å². The number of rotatable bonds is 10. The second-order valence-corrected chi connectivity index (χ2v) is 7.37. The van der Waals surface area contributed by atoms with E-state index < -0.39 is 30.1 Å². The molecule has 0 aliphatic carbocycles. The van der Waals surface area contributed by atoms with E-state index in [0.29, 0.717) is 18.8 Å². The predicted molar refractivity (Wildman–Crippen MR) is 105 cm³/mol. The van der Waals surface area contributed by atoms with Gasteiger partial charge in [-0.05, 0) is 24.5 Å². The Kier molecular flexibility index (Phi) is 8.20. The van der Waals surface area contributed by atoms with E-state index in [1.807, 2.05) is 19.9 Å². The third kappa shape index (κ3) is 7.22. The summed E-state index contributed by atoms with van der Waals surface area (Å²) in [6.07, 6.45) is 0.466. The van der Waals surface area contributed by atoms with Crippen molar-refractivity contribution >= 4 is 23.8 Å². The van der Waals surface area contributed by atoms with Crippen molar-refractivity contribution in [3.63, 3.8) is 0 Å². The van der Waals surface area contributed by atoms with Gasteiger partial charge in [0.25, 0.3) is 0 Å². The zero-order chi connectivity index (χ0) is 21.4. The maximum absolute atomic E-state index is 12.1. The molecule has 0 radical (unpaired) electrons. The number of aromatic nitrogens is 1. The van der Waals surface area contributed by atoms with Gasteiger partial charge in [0.15, 0.2) is 0 Å². The largest absolute Gasteiger partial charge is 0.481 e. The summed E-state index contributed by atoms with van der Waals surface area (Å²) in [5.74, 6) is -0.784. The number of carbonyl (C=O) groups is 3. The molecule has 1 aromatic rings. The van der Waals surface area contributed by atoms with Crippen molar-refractivity contribution in [3.8, 4) is 0 Å². The van der Waals surface area contributed by atoms with Crippen LogP contribution in [0, 0.1) is 5.92 Å². The highest BCUT2D eigenvalue weighted by molar-refractivity contribution is 5.78. The lowest BCUT2D eigenvalue weighted by atomic mass is 10.0. The average molecular weight is 408 g/mol. The lowest BCUT2D eigenvalue weighted by Gasteiger charge is -2.21. The molecule has 1 saturated heterocycles. The van der Waals surface area contributed by atoms with Gasteiger partial charge in [0.05, 0.1) is 25.1 Å². The zero-order valence-electron chi connectivity index (χ0n) is 16.6. The first-order valence-corrected chi connectivity index (χ1v) is 9.53. The summed E-state index contributed by atoms with van der Waals surface area (Å²) in [7, 11) is 0. The highest BCUT2D eigenvalue weighted by Gasteiger charge is 2.36. The van der Waals surface area contributed by atoms with Gasteiger partial charge in [0.2, 0.25) is 5.91 Å². The van der Waals surface area contributed by atoms with Gasteiger partial charge in [-0.3, -0.25) is 9.59 Å². The summed E-state index contributed by atoms with van der Waals surface area (Å²) < 4.78 is 5.61. The summed E-state index contributed by atoms with van der Waals surface area (Å²) >= 11 is 0. The molecule has 0 saturated carbocycles.